The summed E-state index contributed by atoms with van der Waals surface area (Å²) in [7, 11) is 0. The third kappa shape index (κ3) is 4.23. The molecule has 0 aromatic carbocycles. The molecule has 4 nitrogen and oxygen atoms in total. The van der Waals surface area contributed by atoms with Gasteiger partial charge in [-0.2, -0.15) is 0 Å². The summed E-state index contributed by atoms with van der Waals surface area (Å²) in [6.45, 7) is 9.88. The second kappa shape index (κ2) is 7.31. The monoisotopic (exact) mass is 307 g/mol. The van der Waals surface area contributed by atoms with E-state index in [0.29, 0.717) is 11.3 Å². The Hall–Kier alpha value is -0.610. The molecule has 1 atom stereocenters. The molecular formula is C18H33N3O. The maximum absolute atomic E-state index is 12.4. The normalized spacial score (nSPS) is 31.0. The molecule has 0 radical (unpaired) electrons. The number of carbonyl (C=O) groups excluding carboxylic acids is 1. The quantitative estimate of drug-likeness (QED) is 0.845. The third-order valence-corrected chi connectivity index (χ3v) is 6.03. The van der Waals surface area contributed by atoms with Crippen LogP contribution in [0.1, 0.15) is 51.9 Å². The van der Waals surface area contributed by atoms with Crippen molar-refractivity contribution in [3.05, 3.63) is 0 Å². The van der Waals surface area contributed by atoms with E-state index >= 15 is 0 Å². The number of piperazine rings is 1. The molecule has 2 aliphatic heterocycles. The van der Waals surface area contributed by atoms with Gasteiger partial charge < -0.3 is 10.2 Å². The molecule has 126 valence electrons. The molecule has 0 aromatic heterocycles. The smallest absolute Gasteiger partial charge is 0.222 e. The van der Waals surface area contributed by atoms with Crippen LogP contribution in [0.3, 0.4) is 0 Å². The molecule has 1 saturated carbocycles. The fourth-order valence-corrected chi connectivity index (χ4v) is 4.48. The van der Waals surface area contributed by atoms with Crippen LogP contribution in [-0.2, 0) is 4.79 Å². The Balaban J connectivity index is 1.36. The standard InChI is InChI=1S/C18H33N3O/c1-18(8-9-19-14-18)15-20-10-12-21(13-11-20)17(22)7-6-16-4-2-3-5-16/h16,19H,2-15H2,1H3. The van der Waals surface area contributed by atoms with Gasteiger partial charge in [0.15, 0.2) is 0 Å². The first-order chi connectivity index (χ1) is 10.6. The molecule has 1 amide bonds. The van der Waals surface area contributed by atoms with Crippen LogP contribution in [0.4, 0.5) is 0 Å². The van der Waals surface area contributed by atoms with Crippen LogP contribution in [0.25, 0.3) is 0 Å². The first-order valence-electron chi connectivity index (χ1n) is 9.35. The lowest BCUT2D eigenvalue weighted by molar-refractivity contribution is -0.133. The molecule has 1 N–H and O–H groups in total. The zero-order valence-corrected chi connectivity index (χ0v) is 14.3. The molecule has 22 heavy (non-hydrogen) atoms. The lowest BCUT2D eigenvalue weighted by Gasteiger charge is -2.38. The highest BCUT2D eigenvalue weighted by molar-refractivity contribution is 5.76. The first-order valence-corrected chi connectivity index (χ1v) is 9.35. The zero-order valence-electron chi connectivity index (χ0n) is 14.3. The predicted octanol–water partition coefficient (Wildman–Crippen LogP) is 2.10. The van der Waals surface area contributed by atoms with Crippen molar-refractivity contribution in [3.63, 3.8) is 0 Å². The van der Waals surface area contributed by atoms with E-state index in [9.17, 15) is 4.79 Å². The van der Waals surface area contributed by atoms with Gasteiger partial charge in [0.25, 0.3) is 0 Å². The van der Waals surface area contributed by atoms with E-state index in [0.717, 1.165) is 58.0 Å². The van der Waals surface area contributed by atoms with Crippen LogP contribution < -0.4 is 5.32 Å². The summed E-state index contributed by atoms with van der Waals surface area (Å²) < 4.78 is 0. The molecule has 0 aromatic rings. The summed E-state index contributed by atoms with van der Waals surface area (Å²) in [5.41, 5.74) is 0.439. The fraction of sp³-hybridized carbons (Fsp3) is 0.944. The summed E-state index contributed by atoms with van der Waals surface area (Å²) in [5, 5.41) is 3.48. The van der Waals surface area contributed by atoms with Crippen molar-refractivity contribution < 1.29 is 4.79 Å². The molecule has 0 bridgehead atoms. The number of amides is 1. The van der Waals surface area contributed by atoms with Gasteiger partial charge >= 0.3 is 0 Å². The predicted molar refractivity (Wildman–Crippen MR) is 89.8 cm³/mol. The van der Waals surface area contributed by atoms with Crippen molar-refractivity contribution >= 4 is 5.91 Å². The molecule has 0 spiro atoms. The Morgan fingerprint density at radius 3 is 2.55 bits per heavy atom. The van der Waals surface area contributed by atoms with E-state index in [1.165, 1.54) is 38.6 Å². The molecule has 3 rings (SSSR count). The van der Waals surface area contributed by atoms with Crippen molar-refractivity contribution in [2.75, 3.05) is 45.8 Å². The van der Waals surface area contributed by atoms with Gasteiger partial charge in [-0.25, -0.2) is 0 Å². The van der Waals surface area contributed by atoms with Gasteiger partial charge in [0, 0.05) is 45.7 Å². The Kier molecular flexibility index (Phi) is 5.40. The van der Waals surface area contributed by atoms with E-state index in [-0.39, 0.29) is 0 Å². The van der Waals surface area contributed by atoms with Gasteiger partial charge in [-0.1, -0.05) is 32.6 Å². The Labute approximate surface area is 135 Å². The third-order valence-electron chi connectivity index (χ3n) is 6.03. The van der Waals surface area contributed by atoms with Gasteiger partial charge in [-0.15, -0.1) is 0 Å². The molecule has 1 unspecified atom stereocenters. The number of nitrogens with one attached hydrogen (secondary N) is 1. The minimum atomic E-state index is 0.403. The second-order valence-corrected chi connectivity index (χ2v) is 8.08. The number of hydrogen-bond donors (Lipinski definition) is 1. The molecule has 2 heterocycles. The summed E-state index contributed by atoms with van der Waals surface area (Å²) in [5.74, 6) is 1.24. The van der Waals surface area contributed by atoms with Gasteiger partial charge in [0.2, 0.25) is 5.91 Å². The number of rotatable bonds is 5. The molecule has 4 heteroatoms. The van der Waals surface area contributed by atoms with Crippen molar-refractivity contribution in [3.8, 4) is 0 Å². The maximum Gasteiger partial charge on any atom is 0.222 e. The average molecular weight is 307 g/mol. The first kappa shape index (κ1) is 16.3. The highest BCUT2D eigenvalue weighted by atomic mass is 16.2. The molecule has 3 fully saturated rings. The highest BCUT2D eigenvalue weighted by Crippen LogP contribution is 2.29. The highest BCUT2D eigenvalue weighted by Gasteiger charge is 2.32. The topological polar surface area (TPSA) is 35.6 Å². The lowest BCUT2D eigenvalue weighted by Crippen LogP contribution is -2.51. The van der Waals surface area contributed by atoms with Gasteiger partial charge in [0.1, 0.15) is 0 Å². The van der Waals surface area contributed by atoms with Crippen LogP contribution in [0.15, 0.2) is 0 Å². The average Bonchev–Trinajstić information content (AvgIpc) is 3.17. The maximum atomic E-state index is 12.4. The van der Waals surface area contributed by atoms with Gasteiger partial charge in [0.05, 0.1) is 0 Å². The largest absolute Gasteiger partial charge is 0.340 e. The molecule has 3 aliphatic rings. The molecule has 1 aliphatic carbocycles. The van der Waals surface area contributed by atoms with Crippen LogP contribution in [-0.4, -0.2) is 61.5 Å². The van der Waals surface area contributed by atoms with E-state index < -0.39 is 0 Å². The fourth-order valence-electron chi connectivity index (χ4n) is 4.48. The minimum Gasteiger partial charge on any atom is -0.340 e. The zero-order chi connectivity index (χ0) is 15.4. The minimum absolute atomic E-state index is 0.403. The summed E-state index contributed by atoms with van der Waals surface area (Å²) in [6.07, 6.45) is 8.67. The molecule has 2 saturated heterocycles. The van der Waals surface area contributed by atoms with Crippen molar-refractivity contribution in [1.82, 2.24) is 15.1 Å². The van der Waals surface area contributed by atoms with Crippen LogP contribution in [0.2, 0.25) is 0 Å². The van der Waals surface area contributed by atoms with E-state index in [4.69, 9.17) is 0 Å². The van der Waals surface area contributed by atoms with Crippen LogP contribution in [0, 0.1) is 11.3 Å². The second-order valence-electron chi connectivity index (χ2n) is 8.08. The van der Waals surface area contributed by atoms with Crippen molar-refractivity contribution in [2.45, 2.75) is 51.9 Å². The van der Waals surface area contributed by atoms with Crippen LogP contribution >= 0.6 is 0 Å². The van der Waals surface area contributed by atoms with Gasteiger partial charge in [-0.05, 0) is 30.7 Å². The SMILES string of the molecule is CC1(CN2CCN(C(=O)CCC3CCCC3)CC2)CCNC1. The van der Waals surface area contributed by atoms with Crippen LogP contribution in [0.5, 0.6) is 0 Å². The van der Waals surface area contributed by atoms with Gasteiger partial charge in [-0.3, -0.25) is 9.69 Å². The molecular weight excluding hydrogens is 274 g/mol. The number of hydrogen-bond acceptors (Lipinski definition) is 3. The summed E-state index contributed by atoms with van der Waals surface area (Å²) in [6, 6.07) is 0. The number of carbonyl (C=O) groups is 1. The van der Waals surface area contributed by atoms with Crippen molar-refractivity contribution in [1.29, 1.82) is 0 Å². The van der Waals surface area contributed by atoms with Crippen molar-refractivity contribution in [2.24, 2.45) is 11.3 Å². The Morgan fingerprint density at radius 1 is 1.18 bits per heavy atom. The summed E-state index contributed by atoms with van der Waals surface area (Å²) >= 11 is 0. The number of nitrogens with zero attached hydrogens (tertiary/aromatic N) is 2. The lowest BCUT2D eigenvalue weighted by atomic mass is 9.89. The van der Waals surface area contributed by atoms with E-state index in [1.807, 2.05) is 0 Å². The van der Waals surface area contributed by atoms with E-state index in [1.54, 1.807) is 0 Å². The Bertz CT molecular complexity index is 365. The summed E-state index contributed by atoms with van der Waals surface area (Å²) in [4.78, 5) is 17.0. The van der Waals surface area contributed by atoms with E-state index in [2.05, 4.69) is 22.0 Å². The Morgan fingerprint density at radius 2 is 1.91 bits per heavy atom.